The van der Waals surface area contributed by atoms with Crippen molar-refractivity contribution in [1.29, 1.82) is 0 Å². The van der Waals surface area contributed by atoms with Crippen LogP contribution in [0.4, 0.5) is 0 Å². The predicted octanol–water partition coefficient (Wildman–Crippen LogP) is 1.15. The number of amides is 3. The van der Waals surface area contributed by atoms with Gasteiger partial charge < -0.3 is 25.2 Å². The summed E-state index contributed by atoms with van der Waals surface area (Å²) in [6, 6.07) is -0.196. The van der Waals surface area contributed by atoms with Crippen molar-refractivity contribution in [2.24, 2.45) is 11.8 Å². The fourth-order valence-corrected chi connectivity index (χ4v) is 4.86. The van der Waals surface area contributed by atoms with Crippen LogP contribution in [0.3, 0.4) is 0 Å². The Hall–Kier alpha value is -1.67. The molecule has 31 heavy (non-hydrogen) atoms. The van der Waals surface area contributed by atoms with Crippen molar-refractivity contribution in [3.63, 3.8) is 0 Å². The molecule has 3 fully saturated rings. The Balaban J connectivity index is 1.68. The van der Waals surface area contributed by atoms with Crippen molar-refractivity contribution in [2.75, 3.05) is 45.9 Å². The normalized spacial score (nSPS) is 27.1. The van der Waals surface area contributed by atoms with E-state index in [0.29, 0.717) is 64.7 Å². The summed E-state index contributed by atoms with van der Waals surface area (Å²) in [6.45, 7) is 8.70. The molecule has 3 aliphatic heterocycles. The largest absolute Gasteiger partial charge is 0.381 e. The minimum atomic E-state index is -0.228. The van der Waals surface area contributed by atoms with Gasteiger partial charge in [-0.1, -0.05) is 13.8 Å². The highest BCUT2D eigenvalue weighted by Crippen LogP contribution is 2.20. The van der Waals surface area contributed by atoms with Gasteiger partial charge in [-0.2, -0.15) is 0 Å². The van der Waals surface area contributed by atoms with Gasteiger partial charge in [0.15, 0.2) is 0 Å². The summed E-state index contributed by atoms with van der Waals surface area (Å²) in [6.07, 6.45) is 5.24. The number of rotatable bonds is 3. The number of hydrogen-bond acceptors (Lipinski definition) is 5. The van der Waals surface area contributed by atoms with E-state index in [4.69, 9.17) is 4.74 Å². The Labute approximate surface area is 186 Å². The first-order valence-corrected chi connectivity index (χ1v) is 12.1. The average molecular weight is 437 g/mol. The molecule has 0 saturated carbocycles. The van der Waals surface area contributed by atoms with E-state index in [1.54, 1.807) is 0 Å². The van der Waals surface area contributed by atoms with Gasteiger partial charge in [0.05, 0.1) is 6.04 Å². The molecular weight excluding hydrogens is 396 g/mol. The number of carbonyl (C=O) groups is 3. The first kappa shape index (κ1) is 24.0. The van der Waals surface area contributed by atoms with Crippen molar-refractivity contribution in [1.82, 2.24) is 20.4 Å². The van der Waals surface area contributed by atoms with E-state index in [1.807, 2.05) is 9.80 Å². The number of fused-ring (bicyclic) bond motifs is 2. The summed E-state index contributed by atoms with van der Waals surface area (Å²) in [5, 5.41) is 6.32. The molecule has 8 heteroatoms. The topological polar surface area (TPSA) is 91.0 Å². The van der Waals surface area contributed by atoms with E-state index in [9.17, 15) is 14.4 Å². The smallest absolute Gasteiger partial charge is 0.237 e. The lowest BCUT2D eigenvalue weighted by Crippen LogP contribution is -2.45. The summed E-state index contributed by atoms with van der Waals surface area (Å²) in [7, 11) is 0. The van der Waals surface area contributed by atoms with E-state index in [0.717, 1.165) is 32.1 Å². The molecule has 0 aromatic heterocycles. The number of carbonyl (C=O) groups excluding carboxylic acids is 3. The van der Waals surface area contributed by atoms with Gasteiger partial charge in [-0.05, 0) is 44.4 Å². The van der Waals surface area contributed by atoms with Crippen molar-refractivity contribution < 1.29 is 19.1 Å². The van der Waals surface area contributed by atoms with Gasteiger partial charge >= 0.3 is 0 Å². The van der Waals surface area contributed by atoms with Gasteiger partial charge in [0.1, 0.15) is 0 Å². The van der Waals surface area contributed by atoms with Crippen LogP contribution in [0.2, 0.25) is 0 Å². The highest BCUT2D eigenvalue weighted by atomic mass is 16.5. The molecule has 2 atom stereocenters. The van der Waals surface area contributed by atoms with Crippen molar-refractivity contribution in [2.45, 2.75) is 70.9 Å². The first-order chi connectivity index (χ1) is 15.0. The second kappa shape index (κ2) is 11.8. The maximum atomic E-state index is 13.1. The van der Waals surface area contributed by atoms with Crippen LogP contribution in [0.15, 0.2) is 0 Å². The summed E-state index contributed by atoms with van der Waals surface area (Å²) in [4.78, 5) is 42.6. The molecule has 3 heterocycles. The molecule has 3 saturated heterocycles. The second-order valence-electron chi connectivity index (χ2n) is 9.60. The van der Waals surface area contributed by atoms with Crippen LogP contribution in [0, 0.1) is 11.8 Å². The Morgan fingerprint density at radius 3 is 2.58 bits per heavy atom. The standard InChI is InChI=1S/C23H40N4O4/c1-17(2)14-21(28)27-11-5-10-26(23(30)18-6-12-31-13-7-18)9-4-3-8-24-22(29)20-15-19(27)16-25-20/h17-20,25H,3-16H2,1-2H3,(H,24,29)/t19-,20-/m0/s1. The lowest BCUT2D eigenvalue weighted by molar-refractivity contribution is -0.139. The second-order valence-corrected chi connectivity index (χ2v) is 9.60. The van der Waals surface area contributed by atoms with Crippen LogP contribution in [0.5, 0.6) is 0 Å². The number of hydrogen-bond donors (Lipinski definition) is 2. The van der Waals surface area contributed by atoms with Gasteiger partial charge in [-0.15, -0.1) is 0 Å². The van der Waals surface area contributed by atoms with Gasteiger partial charge in [-0.3, -0.25) is 14.4 Å². The minimum Gasteiger partial charge on any atom is -0.381 e. The number of nitrogens with zero attached hydrogens (tertiary/aromatic N) is 2. The van der Waals surface area contributed by atoms with Gasteiger partial charge in [0.25, 0.3) is 0 Å². The molecule has 0 spiro atoms. The van der Waals surface area contributed by atoms with Crippen molar-refractivity contribution in [3.8, 4) is 0 Å². The molecule has 176 valence electrons. The summed E-state index contributed by atoms with van der Waals surface area (Å²) >= 11 is 0. The van der Waals surface area contributed by atoms with E-state index in [1.165, 1.54) is 0 Å². The molecule has 0 radical (unpaired) electrons. The molecule has 2 bridgehead atoms. The molecule has 8 nitrogen and oxygen atoms in total. The first-order valence-electron chi connectivity index (χ1n) is 12.1. The number of nitrogens with one attached hydrogen (secondary N) is 2. The lowest BCUT2D eigenvalue weighted by Gasteiger charge is -2.33. The Kier molecular flexibility index (Phi) is 9.14. The molecular formula is C23H40N4O4. The fraction of sp³-hybridized carbons (Fsp3) is 0.870. The van der Waals surface area contributed by atoms with E-state index >= 15 is 0 Å². The minimum absolute atomic E-state index is 0.0194. The molecule has 3 aliphatic rings. The van der Waals surface area contributed by atoms with E-state index < -0.39 is 0 Å². The summed E-state index contributed by atoms with van der Waals surface area (Å²) < 4.78 is 5.42. The molecule has 3 amide bonds. The summed E-state index contributed by atoms with van der Waals surface area (Å²) in [5.74, 6) is 0.733. The molecule has 0 aliphatic carbocycles. The maximum Gasteiger partial charge on any atom is 0.237 e. The van der Waals surface area contributed by atoms with Crippen LogP contribution in [0.25, 0.3) is 0 Å². The highest BCUT2D eigenvalue weighted by Gasteiger charge is 2.35. The quantitative estimate of drug-likeness (QED) is 0.693. The van der Waals surface area contributed by atoms with E-state index in [2.05, 4.69) is 24.5 Å². The van der Waals surface area contributed by atoms with Crippen LogP contribution < -0.4 is 10.6 Å². The SMILES string of the molecule is CC(C)CC(=O)N1CCCN(C(=O)C2CCOCC2)CCCCNC(=O)[C@@H]2C[C@H]1CN2. The lowest BCUT2D eigenvalue weighted by atomic mass is 9.98. The van der Waals surface area contributed by atoms with Gasteiger partial charge in [0, 0.05) is 64.3 Å². The molecule has 0 aromatic carbocycles. The zero-order chi connectivity index (χ0) is 22.2. The third-order valence-corrected chi connectivity index (χ3v) is 6.63. The Morgan fingerprint density at radius 1 is 1.10 bits per heavy atom. The number of ether oxygens (including phenoxy) is 1. The van der Waals surface area contributed by atoms with Crippen molar-refractivity contribution >= 4 is 17.7 Å². The maximum absolute atomic E-state index is 13.1. The van der Waals surface area contributed by atoms with Crippen LogP contribution in [-0.4, -0.2) is 85.5 Å². The zero-order valence-corrected chi connectivity index (χ0v) is 19.2. The molecule has 0 unspecified atom stereocenters. The third kappa shape index (κ3) is 6.91. The van der Waals surface area contributed by atoms with E-state index in [-0.39, 0.29) is 35.7 Å². The molecule has 2 N–H and O–H groups in total. The molecule has 3 rings (SSSR count). The Morgan fingerprint density at radius 2 is 1.84 bits per heavy atom. The monoisotopic (exact) mass is 436 g/mol. The van der Waals surface area contributed by atoms with Crippen molar-refractivity contribution in [3.05, 3.63) is 0 Å². The predicted molar refractivity (Wildman–Crippen MR) is 118 cm³/mol. The highest BCUT2D eigenvalue weighted by molar-refractivity contribution is 5.82. The average Bonchev–Trinajstić information content (AvgIpc) is 3.23. The van der Waals surface area contributed by atoms with Gasteiger partial charge in [0.2, 0.25) is 17.7 Å². The summed E-state index contributed by atoms with van der Waals surface area (Å²) in [5.41, 5.74) is 0. The molecule has 0 aromatic rings. The Bertz CT molecular complexity index is 621. The third-order valence-electron chi connectivity index (χ3n) is 6.63. The fourth-order valence-electron chi connectivity index (χ4n) is 4.86. The van der Waals surface area contributed by atoms with Crippen LogP contribution >= 0.6 is 0 Å². The van der Waals surface area contributed by atoms with Gasteiger partial charge in [-0.25, -0.2) is 0 Å². The van der Waals surface area contributed by atoms with Crippen LogP contribution in [-0.2, 0) is 19.1 Å². The zero-order valence-electron chi connectivity index (χ0n) is 19.2. The van der Waals surface area contributed by atoms with Crippen LogP contribution in [0.1, 0.15) is 58.8 Å².